The van der Waals surface area contributed by atoms with Crippen LogP contribution in [0.4, 0.5) is 23.5 Å². The van der Waals surface area contributed by atoms with Crippen LogP contribution in [-0.2, 0) is 4.74 Å². The Morgan fingerprint density at radius 3 is 2.35 bits per heavy atom. The summed E-state index contributed by atoms with van der Waals surface area (Å²) in [6.45, 7) is -1.94. The fourth-order valence-electron chi connectivity index (χ4n) is 3.70. The third kappa shape index (κ3) is 5.14. The number of rotatable bonds is 7. The van der Waals surface area contributed by atoms with Gasteiger partial charge < -0.3 is 14.2 Å². The Morgan fingerprint density at radius 1 is 1.12 bits per heavy atom. The van der Waals surface area contributed by atoms with E-state index < -0.39 is 29.8 Å². The number of amides is 1. The molecular formula is C23H21F4N3O4. The van der Waals surface area contributed by atoms with E-state index in [9.17, 15) is 22.4 Å². The van der Waals surface area contributed by atoms with E-state index in [1.165, 1.54) is 37.6 Å². The molecule has 1 fully saturated rings. The van der Waals surface area contributed by atoms with E-state index in [-0.39, 0.29) is 28.9 Å². The minimum atomic E-state index is -3.00. The zero-order valence-corrected chi connectivity index (χ0v) is 18.1. The largest absolute Gasteiger partial charge is 0.497 e. The van der Waals surface area contributed by atoms with Crippen molar-refractivity contribution >= 4 is 11.9 Å². The molecule has 34 heavy (non-hydrogen) atoms. The van der Waals surface area contributed by atoms with Crippen molar-refractivity contribution in [3.8, 4) is 17.2 Å². The number of hydrogen-bond donors (Lipinski definition) is 1. The number of imidazole rings is 1. The Bertz CT molecular complexity index is 1140. The first-order valence-electron chi connectivity index (χ1n) is 10.4. The number of anilines is 1. The predicted octanol–water partition coefficient (Wildman–Crippen LogP) is 4.91. The standard InChI is InChI=1S/C23H21F4N3O4/c1-32-16-10-17(24)20(18(25)11-16)30-12-19(13-6-8-33-9-7-13)28-23(30)29-21(31)14-2-4-15(5-3-14)34-22(26)27/h2-5,10-13,22H,6-9H2,1H3,(H,28,29,31). The van der Waals surface area contributed by atoms with Gasteiger partial charge in [0.25, 0.3) is 5.91 Å². The molecule has 180 valence electrons. The normalized spacial score (nSPS) is 14.3. The van der Waals surface area contributed by atoms with Crippen molar-refractivity contribution in [1.82, 2.24) is 9.55 Å². The summed E-state index contributed by atoms with van der Waals surface area (Å²) in [7, 11) is 1.29. The molecule has 0 atom stereocenters. The number of carbonyl (C=O) groups is 1. The Balaban J connectivity index is 1.68. The van der Waals surface area contributed by atoms with Gasteiger partial charge in [0, 0.05) is 43.0 Å². The van der Waals surface area contributed by atoms with Crippen molar-refractivity contribution in [3.63, 3.8) is 0 Å². The van der Waals surface area contributed by atoms with Crippen molar-refractivity contribution in [2.45, 2.75) is 25.4 Å². The second kappa shape index (κ2) is 10.1. The summed E-state index contributed by atoms with van der Waals surface area (Å²) < 4.78 is 70.1. The molecule has 0 saturated carbocycles. The maximum Gasteiger partial charge on any atom is 0.387 e. The van der Waals surface area contributed by atoms with Gasteiger partial charge in [0.1, 0.15) is 17.2 Å². The first-order chi connectivity index (χ1) is 16.4. The molecule has 0 bridgehead atoms. The molecule has 0 radical (unpaired) electrons. The van der Waals surface area contributed by atoms with Gasteiger partial charge in [-0.25, -0.2) is 13.8 Å². The predicted molar refractivity (Wildman–Crippen MR) is 114 cm³/mol. The molecule has 4 rings (SSSR count). The molecule has 1 saturated heterocycles. The average Bonchev–Trinajstić information content (AvgIpc) is 3.22. The summed E-state index contributed by atoms with van der Waals surface area (Å²) in [6, 6.07) is 7.05. The van der Waals surface area contributed by atoms with Crippen molar-refractivity contribution in [1.29, 1.82) is 0 Å². The monoisotopic (exact) mass is 479 g/mol. The van der Waals surface area contributed by atoms with Gasteiger partial charge in [-0.3, -0.25) is 14.7 Å². The molecule has 3 aromatic rings. The lowest BCUT2D eigenvalue weighted by Gasteiger charge is -2.19. The molecule has 1 aliphatic rings. The number of ether oxygens (including phenoxy) is 3. The van der Waals surface area contributed by atoms with E-state index in [1.807, 2.05) is 0 Å². The molecule has 0 spiro atoms. The molecule has 0 aliphatic carbocycles. The first-order valence-corrected chi connectivity index (χ1v) is 10.4. The average molecular weight is 479 g/mol. The number of carbonyl (C=O) groups excluding carboxylic acids is 1. The molecule has 0 unspecified atom stereocenters. The van der Waals surface area contributed by atoms with Crippen molar-refractivity contribution in [2.75, 3.05) is 25.6 Å². The number of hydrogen-bond acceptors (Lipinski definition) is 5. The smallest absolute Gasteiger partial charge is 0.387 e. The zero-order valence-electron chi connectivity index (χ0n) is 18.1. The summed E-state index contributed by atoms with van der Waals surface area (Å²) in [5.74, 6) is -2.68. The molecule has 11 heteroatoms. The van der Waals surface area contributed by atoms with Gasteiger partial charge in [-0.1, -0.05) is 0 Å². The quantitative estimate of drug-likeness (QED) is 0.488. The lowest BCUT2D eigenvalue weighted by atomic mass is 9.97. The van der Waals surface area contributed by atoms with Crippen molar-refractivity contribution < 1.29 is 36.6 Å². The zero-order chi connectivity index (χ0) is 24.2. The third-order valence-electron chi connectivity index (χ3n) is 5.40. The molecule has 1 aliphatic heterocycles. The highest BCUT2D eigenvalue weighted by Gasteiger charge is 2.25. The summed E-state index contributed by atoms with van der Waals surface area (Å²) in [4.78, 5) is 17.3. The van der Waals surface area contributed by atoms with Crippen LogP contribution in [0.2, 0.25) is 0 Å². The highest BCUT2D eigenvalue weighted by atomic mass is 19.3. The Kier molecular flexibility index (Phi) is 7.01. The molecular weight excluding hydrogens is 458 g/mol. The Hall–Kier alpha value is -3.60. The number of aromatic nitrogens is 2. The Labute approximate surface area is 192 Å². The third-order valence-corrected chi connectivity index (χ3v) is 5.40. The van der Waals surface area contributed by atoms with Gasteiger partial charge in [0.2, 0.25) is 5.95 Å². The second-order valence-corrected chi connectivity index (χ2v) is 7.54. The fraction of sp³-hybridized carbons (Fsp3) is 0.304. The number of alkyl halides is 2. The van der Waals surface area contributed by atoms with E-state index >= 15 is 0 Å². The van der Waals surface area contributed by atoms with Crippen LogP contribution in [0, 0.1) is 11.6 Å². The van der Waals surface area contributed by atoms with Crippen LogP contribution in [0.25, 0.3) is 5.69 Å². The molecule has 1 N–H and O–H groups in total. The minimum absolute atomic E-state index is 0.000194. The molecule has 2 aromatic carbocycles. The van der Waals surface area contributed by atoms with Crippen molar-refractivity contribution in [2.24, 2.45) is 0 Å². The minimum Gasteiger partial charge on any atom is -0.497 e. The molecule has 7 nitrogen and oxygen atoms in total. The van der Waals surface area contributed by atoms with Crippen LogP contribution in [0.3, 0.4) is 0 Å². The van der Waals surface area contributed by atoms with Gasteiger partial charge in [-0.2, -0.15) is 8.78 Å². The van der Waals surface area contributed by atoms with Gasteiger partial charge in [0.05, 0.1) is 12.8 Å². The highest BCUT2D eigenvalue weighted by molar-refractivity contribution is 6.03. The van der Waals surface area contributed by atoms with Crippen LogP contribution < -0.4 is 14.8 Å². The van der Waals surface area contributed by atoms with Crippen LogP contribution in [-0.4, -0.2) is 42.4 Å². The second-order valence-electron chi connectivity index (χ2n) is 7.54. The van der Waals surface area contributed by atoms with Crippen LogP contribution in [0.15, 0.2) is 42.6 Å². The number of halogens is 4. The van der Waals surface area contributed by atoms with E-state index in [4.69, 9.17) is 9.47 Å². The highest BCUT2D eigenvalue weighted by Crippen LogP contribution is 2.32. The molecule has 1 amide bonds. The van der Waals surface area contributed by atoms with Gasteiger partial charge in [-0.05, 0) is 37.1 Å². The first kappa shape index (κ1) is 23.6. The summed E-state index contributed by atoms with van der Waals surface area (Å²) in [5, 5.41) is 2.56. The fourth-order valence-corrected chi connectivity index (χ4v) is 3.70. The molecule has 2 heterocycles. The van der Waals surface area contributed by atoms with Crippen molar-refractivity contribution in [3.05, 3.63) is 65.5 Å². The van der Waals surface area contributed by atoms with Gasteiger partial charge >= 0.3 is 6.61 Å². The number of benzene rings is 2. The van der Waals surface area contributed by atoms with E-state index in [0.717, 1.165) is 16.7 Å². The van der Waals surface area contributed by atoms with Crippen LogP contribution >= 0.6 is 0 Å². The van der Waals surface area contributed by atoms with E-state index in [0.29, 0.717) is 31.7 Å². The van der Waals surface area contributed by atoms with Gasteiger partial charge in [0.15, 0.2) is 11.6 Å². The number of nitrogens with one attached hydrogen (secondary N) is 1. The maximum absolute atomic E-state index is 14.8. The summed E-state index contributed by atoms with van der Waals surface area (Å²) >= 11 is 0. The molecule has 1 aromatic heterocycles. The maximum atomic E-state index is 14.8. The summed E-state index contributed by atoms with van der Waals surface area (Å²) in [6.07, 6.45) is 2.83. The van der Waals surface area contributed by atoms with Crippen LogP contribution in [0.5, 0.6) is 11.5 Å². The Morgan fingerprint density at radius 2 is 1.76 bits per heavy atom. The van der Waals surface area contributed by atoms with E-state index in [2.05, 4.69) is 15.0 Å². The lowest BCUT2D eigenvalue weighted by molar-refractivity contribution is -0.0498. The number of methoxy groups -OCH3 is 1. The topological polar surface area (TPSA) is 74.6 Å². The number of nitrogens with zero attached hydrogens (tertiary/aromatic N) is 2. The summed E-state index contributed by atoms with van der Waals surface area (Å²) in [5.41, 5.74) is 0.232. The van der Waals surface area contributed by atoms with Crippen LogP contribution in [0.1, 0.15) is 34.8 Å². The van der Waals surface area contributed by atoms with E-state index in [1.54, 1.807) is 0 Å². The SMILES string of the molecule is COc1cc(F)c(-n2cc(C3CCOCC3)nc2NC(=O)c2ccc(OC(F)F)cc2)c(F)c1. The van der Waals surface area contributed by atoms with Gasteiger partial charge in [-0.15, -0.1) is 0 Å². The lowest BCUT2D eigenvalue weighted by Crippen LogP contribution is -2.16.